The van der Waals surface area contributed by atoms with Crippen LogP contribution in [0.5, 0.6) is 0 Å². The Balaban J connectivity index is 2.67. The number of benzene rings is 1. The molecule has 0 aliphatic rings. The second-order valence-corrected chi connectivity index (χ2v) is 5.03. The maximum absolute atomic E-state index is 12.0. The van der Waals surface area contributed by atoms with E-state index in [2.05, 4.69) is 17.2 Å². The molecule has 146 valence electrons. The van der Waals surface area contributed by atoms with Crippen LogP contribution in [-0.4, -0.2) is 56.2 Å². The van der Waals surface area contributed by atoms with E-state index in [0.717, 1.165) is 6.07 Å². The number of nitro groups is 1. The van der Waals surface area contributed by atoms with Crippen LogP contribution in [0, 0.1) is 10.1 Å². The van der Waals surface area contributed by atoms with Crippen molar-refractivity contribution in [2.24, 2.45) is 0 Å². The van der Waals surface area contributed by atoms with Crippen LogP contribution in [0.4, 0.5) is 16.2 Å². The van der Waals surface area contributed by atoms with Gasteiger partial charge in [-0.05, 0) is 12.1 Å². The molecular formula is C16H20N4O7. The lowest BCUT2D eigenvalue weighted by molar-refractivity contribution is -0.384. The molecule has 1 aromatic rings. The summed E-state index contributed by atoms with van der Waals surface area (Å²) in [6.07, 6.45) is 1.42. The van der Waals surface area contributed by atoms with Gasteiger partial charge in [-0.25, -0.2) is 9.59 Å². The van der Waals surface area contributed by atoms with Gasteiger partial charge in [-0.1, -0.05) is 6.08 Å². The number of ether oxygens (including phenoxy) is 2. The molecule has 0 aromatic heterocycles. The lowest BCUT2D eigenvalue weighted by Gasteiger charge is -2.09. The Morgan fingerprint density at radius 3 is 2.70 bits per heavy atom. The Bertz CT molecular complexity index is 721. The minimum Gasteiger partial charge on any atom is -0.452 e. The van der Waals surface area contributed by atoms with Gasteiger partial charge in [0, 0.05) is 26.3 Å². The van der Waals surface area contributed by atoms with Gasteiger partial charge in [0.2, 0.25) is 0 Å². The first kappa shape index (κ1) is 21.6. The van der Waals surface area contributed by atoms with E-state index in [1.165, 1.54) is 25.3 Å². The molecule has 3 N–H and O–H groups in total. The monoisotopic (exact) mass is 380 g/mol. The number of nitrogens with zero attached hydrogens (tertiary/aromatic N) is 1. The second-order valence-electron chi connectivity index (χ2n) is 5.03. The number of carbonyl (C=O) groups is 3. The number of hydrogen-bond donors (Lipinski definition) is 3. The number of nitro benzene ring substituents is 1. The van der Waals surface area contributed by atoms with Crippen molar-refractivity contribution in [1.29, 1.82) is 0 Å². The number of hydrogen-bond acceptors (Lipinski definition) is 8. The van der Waals surface area contributed by atoms with Gasteiger partial charge in [-0.2, -0.15) is 0 Å². The number of imide groups is 1. The van der Waals surface area contributed by atoms with Gasteiger partial charge in [0.1, 0.15) is 5.69 Å². The molecule has 0 spiro atoms. The van der Waals surface area contributed by atoms with Crippen molar-refractivity contribution in [2.45, 2.75) is 0 Å². The van der Waals surface area contributed by atoms with Crippen molar-refractivity contribution in [1.82, 2.24) is 10.6 Å². The van der Waals surface area contributed by atoms with Crippen molar-refractivity contribution in [3.05, 3.63) is 46.5 Å². The van der Waals surface area contributed by atoms with Crippen molar-refractivity contribution in [2.75, 3.05) is 38.7 Å². The van der Waals surface area contributed by atoms with Gasteiger partial charge < -0.3 is 20.1 Å². The molecule has 0 fully saturated rings. The first-order chi connectivity index (χ1) is 12.9. The van der Waals surface area contributed by atoms with Crippen LogP contribution in [0.1, 0.15) is 10.4 Å². The van der Waals surface area contributed by atoms with Crippen molar-refractivity contribution in [3.63, 3.8) is 0 Å². The molecule has 0 bridgehead atoms. The Labute approximate surface area is 154 Å². The third kappa shape index (κ3) is 7.52. The van der Waals surface area contributed by atoms with Gasteiger partial charge in [0.05, 0.1) is 17.1 Å². The average molecular weight is 380 g/mol. The van der Waals surface area contributed by atoms with Crippen molar-refractivity contribution >= 4 is 29.3 Å². The standard InChI is InChI=1S/C16H20N4O7/c1-3-6-18-16(23)19-14(21)10-27-15(22)11-4-5-12(17-7-8-26-2)13(9-11)20(24)25/h3-5,9,17H,1,6-8,10H2,2H3,(H2,18,19,21,23). The SMILES string of the molecule is C=CCNC(=O)NC(=O)COC(=O)c1ccc(NCCOC)c([N+](=O)[O-])c1. The highest BCUT2D eigenvalue weighted by atomic mass is 16.6. The number of amides is 3. The molecule has 0 radical (unpaired) electrons. The first-order valence-electron chi connectivity index (χ1n) is 7.76. The highest BCUT2D eigenvalue weighted by Crippen LogP contribution is 2.25. The molecule has 0 atom stereocenters. The van der Waals surface area contributed by atoms with Gasteiger partial charge >= 0.3 is 12.0 Å². The lowest BCUT2D eigenvalue weighted by Crippen LogP contribution is -2.41. The van der Waals surface area contributed by atoms with E-state index in [1.807, 2.05) is 5.32 Å². The molecule has 1 rings (SSSR count). The molecule has 0 aliphatic carbocycles. The zero-order valence-corrected chi connectivity index (χ0v) is 14.6. The summed E-state index contributed by atoms with van der Waals surface area (Å²) in [5, 5.41) is 18.2. The Hall–Kier alpha value is -3.47. The van der Waals surface area contributed by atoms with Crippen LogP contribution in [0.15, 0.2) is 30.9 Å². The second kappa shape index (κ2) is 11.2. The molecular weight excluding hydrogens is 360 g/mol. The Morgan fingerprint density at radius 1 is 1.33 bits per heavy atom. The summed E-state index contributed by atoms with van der Waals surface area (Å²) in [5.41, 5.74) is -0.220. The third-order valence-electron chi connectivity index (χ3n) is 3.05. The first-order valence-corrected chi connectivity index (χ1v) is 7.76. The van der Waals surface area contributed by atoms with Crippen LogP contribution >= 0.6 is 0 Å². The van der Waals surface area contributed by atoms with E-state index in [4.69, 9.17) is 9.47 Å². The summed E-state index contributed by atoms with van der Waals surface area (Å²) < 4.78 is 9.61. The number of esters is 1. The highest BCUT2D eigenvalue weighted by molar-refractivity contribution is 5.97. The molecule has 27 heavy (non-hydrogen) atoms. The zero-order chi connectivity index (χ0) is 20.2. The van der Waals surface area contributed by atoms with Gasteiger partial charge in [-0.3, -0.25) is 20.2 Å². The zero-order valence-electron chi connectivity index (χ0n) is 14.6. The average Bonchev–Trinajstić information content (AvgIpc) is 2.64. The maximum Gasteiger partial charge on any atom is 0.338 e. The summed E-state index contributed by atoms with van der Waals surface area (Å²) in [4.78, 5) is 45.3. The number of carbonyl (C=O) groups excluding carboxylic acids is 3. The van der Waals surface area contributed by atoms with E-state index in [-0.39, 0.29) is 23.5 Å². The smallest absolute Gasteiger partial charge is 0.338 e. The normalized spacial score (nSPS) is 9.81. The number of anilines is 1. The molecule has 0 heterocycles. The molecule has 1 aromatic carbocycles. The maximum atomic E-state index is 12.0. The number of methoxy groups -OCH3 is 1. The van der Waals surface area contributed by atoms with E-state index >= 15 is 0 Å². The Kier molecular flexibility index (Phi) is 8.95. The van der Waals surface area contributed by atoms with Crippen LogP contribution in [0.25, 0.3) is 0 Å². The third-order valence-corrected chi connectivity index (χ3v) is 3.05. The predicted molar refractivity (Wildman–Crippen MR) is 95.5 cm³/mol. The quantitative estimate of drug-likeness (QED) is 0.178. The minimum absolute atomic E-state index is 0.108. The van der Waals surface area contributed by atoms with Crippen LogP contribution in [0.3, 0.4) is 0 Å². The summed E-state index contributed by atoms with van der Waals surface area (Å²) in [6, 6.07) is 2.94. The van der Waals surface area contributed by atoms with E-state index in [9.17, 15) is 24.5 Å². The largest absolute Gasteiger partial charge is 0.452 e. The predicted octanol–water partition coefficient (Wildman–Crippen LogP) is 0.822. The van der Waals surface area contributed by atoms with Crippen molar-refractivity contribution in [3.8, 4) is 0 Å². The number of rotatable bonds is 10. The van der Waals surface area contributed by atoms with Crippen molar-refractivity contribution < 1.29 is 28.8 Å². The fourth-order valence-electron chi connectivity index (χ4n) is 1.83. The van der Waals surface area contributed by atoms with Gasteiger partial charge in [0.15, 0.2) is 6.61 Å². The molecule has 0 aliphatic heterocycles. The van der Waals surface area contributed by atoms with Gasteiger partial charge in [0.25, 0.3) is 11.6 Å². The molecule has 0 unspecified atom stereocenters. The van der Waals surface area contributed by atoms with Crippen LogP contribution < -0.4 is 16.0 Å². The molecule has 0 saturated carbocycles. The number of urea groups is 1. The molecule has 0 saturated heterocycles. The number of nitrogens with one attached hydrogen (secondary N) is 3. The minimum atomic E-state index is -0.941. The molecule has 11 heteroatoms. The van der Waals surface area contributed by atoms with E-state index in [0.29, 0.717) is 13.2 Å². The van der Waals surface area contributed by atoms with Crippen LogP contribution in [0.2, 0.25) is 0 Å². The van der Waals surface area contributed by atoms with Crippen LogP contribution in [-0.2, 0) is 14.3 Å². The molecule has 11 nitrogen and oxygen atoms in total. The topological polar surface area (TPSA) is 149 Å². The Morgan fingerprint density at radius 2 is 2.07 bits per heavy atom. The summed E-state index contributed by atoms with van der Waals surface area (Å²) >= 11 is 0. The fraction of sp³-hybridized carbons (Fsp3) is 0.312. The lowest BCUT2D eigenvalue weighted by atomic mass is 10.1. The summed E-state index contributed by atoms with van der Waals surface area (Å²) in [5.74, 6) is -1.79. The summed E-state index contributed by atoms with van der Waals surface area (Å²) in [7, 11) is 1.49. The van der Waals surface area contributed by atoms with E-state index < -0.39 is 29.4 Å². The summed E-state index contributed by atoms with van der Waals surface area (Å²) in [6.45, 7) is 3.52. The highest BCUT2D eigenvalue weighted by Gasteiger charge is 2.19. The fourth-order valence-corrected chi connectivity index (χ4v) is 1.83. The van der Waals surface area contributed by atoms with E-state index in [1.54, 1.807) is 0 Å². The van der Waals surface area contributed by atoms with Gasteiger partial charge in [-0.15, -0.1) is 6.58 Å². The molecule has 3 amide bonds.